The number of hydrogen-bond acceptors (Lipinski definition) is 7. The summed E-state index contributed by atoms with van der Waals surface area (Å²) in [4.78, 5) is 31.5. The zero-order chi connectivity index (χ0) is 49.4. The molecule has 0 N–H and O–H groups in total. The van der Waals surface area contributed by atoms with E-state index in [9.17, 15) is 0 Å². The van der Waals surface area contributed by atoms with E-state index >= 15 is 0 Å². The summed E-state index contributed by atoms with van der Waals surface area (Å²) in [5.74, 6) is 3.13. The molecule has 9 nitrogen and oxygen atoms in total. The third-order valence-corrected chi connectivity index (χ3v) is 14.2. The molecule has 15 aromatic rings. The summed E-state index contributed by atoms with van der Waals surface area (Å²) in [7, 11) is 0. The lowest BCUT2D eigenvalue weighted by Crippen LogP contribution is -2.05. The first kappa shape index (κ1) is 42.3. The number of rotatable bonds is 8. The smallest absolute Gasteiger partial charge is 0.164 e. The van der Waals surface area contributed by atoms with Crippen molar-refractivity contribution in [1.82, 2.24) is 39.0 Å². The number of furan rings is 1. The fourth-order valence-electron chi connectivity index (χ4n) is 10.9. The Bertz CT molecular complexity index is 4570. The molecule has 0 saturated heterocycles. The van der Waals surface area contributed by atoms with Crippen molar-refractivity contribution in [3.05, 3.63) is 243 Å². The number of para-hydroxylation sites is 4. The molecule has 5 aromatic heterocycles. The molecule has 0 unspecified atom stereocenters. The van der Waals surface area contributed by atoms with Crippen molar-refractivity contribution in [1.29, 1.82) is 0 Å². The van der Waals surface area contributed by atoms with Crippen molar-refractivity contribution < 1.29 is 4.42 Å². The molecule has 0 bridgehead atoms. The summed E-state index contributed by atoms with van der Waals surface area (Å²) in [6.45, 7) is 0. The lowest BCUT2D eigenvalue weighted by molar-refractivity contribution is 0.673. The Hall–Kier alpha value is -10.4. The van der Waals surface area contributed by atoms with Crippen molar-refractivity contribution >= 4 is 65.6 Å². The number of hydrogen-bond donors (Lipinski definition) is 0. The van der Waals surface area contributed by atoms with Gasteiger partial charge in [0.05, 0.1) is 32.8 Å². The summed E-state index contributed by atoms with van der Waals surface area (Å²) in [6, 6.07) is 83.1. The normalized spacial score (nSPS) is 11.7. The van der Waals surface area contributed by atoms with Crippen LogP contribution >= 0.6 is 0 Å². The van der Waals surface area contributed by atoms with Gasteiger partial charge in [0.15, 0.2) is 34.9 Å². The maximum Gasteiger partial charge on any atom is 0.164 e. The zero-order valence-electron chi connectivity index (χ0n) is 40.1. The quantitative estimate of drug-likeness (QED) is 0.149. The summed E-state index contributed by atoms with van der Waals surface area (Å²) < 4.78 is 11.9. The fraction of sp³-hybridized carbons (Fsp3) is 0. The van der Waals surface area contributed by atoms with Crippen molar-refractivity contribution in [2.45, 2.75) is 0 Å². The Kier molecular flexibility index (Phi) is 9.67. The van der Waals surface area contributed by atoms with Gasteiger partial charge in [0.2, 0.25) is 0 Å². The van der Waals surface area contributed by atoms with Crippen LogP contribution in [0.15, 0.2) is 247 Å². The monoisotopic (exact) mass is 960 g/mol. The fourth-order valence-corrected chi connectivity index (χ4v) is 10.9. The van der Waals surface area contributed by atoms with E-state index in [1.54, 1.807) is 0 Å². The zero-order valence-corrected chi connectivity index (χ0v) is 40.1. The van der Waals surface area contributed by atoms with Crippen molar-refractivity contribution in [3.63, 3.8) is 0 Å². The minimum absolute atomic E-state index is 0.466. The number of nitrogens with zero attached hydrogens (tertiary/aromatic N) is 8. The molecular formula is C66H40N8O. The highest BCUT2D eigenvalue weighted by atomic mass is 16.3. The Labute approximate surface area is 429 Å². The molecule has 15 rings (SSSR count). The Morgan fingerprint density at radius 3 is 1.16 bits per heavy atom. The Morgan fingerprint density at radius 1 is 0.280 bits per heavy atom. The molecule has 0 aliphatic rings. The minimum atomic E-state index is 0.466. The van der Waals surface area contributed by atoms with Gasteiger partial charge in [-0.05, 0) is 48.5 Å². The maximum absolute atomic E-state index is 7.12. The molecule has 9 heteroatoms. The molecule has 350 valence electrons. The van der Waals surface area contributed by atoms with E-state index in [1.165, 1.54) is 0 Å². The van der Waals surface area contributed by atoms with E-state index in [1.807, 2.05) is 127 Å². The van der Waals surface area contributed by atoms with Crippen LogP contribution in [0.3, 0.4) is 0 Å². The number of aromatic nitrogens is 8. The third-order valence-electron chi connectivity index (χ3n) is 14.2. The molecule has 5 heterocycles. The predicted octanol–water partition coefficient (Wildman–Crippen LogP) is 16.2. The predicted molar refractivity (Wildman–Crippen MR) is 302 cm³/mol. The van der Waals surface area contributed by atoms with Crippen LogP contribution in [0.1, 0.15) is 0 Å². The molecule has 0 aliphatic carbocycles. The van der Waals surface area contributed by atoms with Gasteiger partial charge >= 0.3 is 0 Å². The van der Waals surface area contributed by atoms with E-state index in [2.05, 4.69) is 124 Å². The summed E-state index contributed by atoms with van der Waals surface area (Å²) in [6.07, 6.45) is 0. The molecule has 0 aliphatic heterocycles. The van der Waals surface area contributed by atoms with Gasteiger partial charge in [0.1, 0.15) is 11.2 Å². The van der Waals surface area contributed by atoms with Gasteiger partial charge in [0.25, 0.3) is 0 Å². The largest absolute Gasteiger partial charge is 0.455 e. The van der Waals surface area contributed by atoms with Crippen molar-refractivity contribution in [2.75, 3.05) is 0 Å². The SMILES string of the molecule is c1ccc(-c2nc(-c3ccccc3)nc(-c3ccc(-n4c5ccccc5c5c6c(c7ccccc7n6-c6ccccc6)c6oc7ccccc7c6c54)cc3-c3nc(-c4ccccc4)nc(-c4ccccc4)n3)n2)cc1. The second kappa shape index (κ2) is 17.1. The first-order valence-corrected chi connectivity index (χ1v) is 25.0. The molecule has 0 atom stereocenters. The standard InChI is InChI=1S/C66H40N8O/c1-6-22-41(23-7-1)61-67-62(42-24-8-2-9-25-42)70-65(69-61)47-39-38-46(40-51(47)66-71-63(43-26-10-3-11-27-43)68-64(72-66)44-28-12-4-13-29-44)74-52-35-19-16-32-48(52)55-58-56(60-57(59(55)74)50-34-18-21-37-54(50)75-60)49-33-17-20-36-53(49)73(58)45-30-14-5-15-31-45/h1-40H. The van der Waals surface area contributed by atoms with Crippen LogP contribution in [-0.4, -0.2) is 39.0 Å². The van der Waals surface area contributed by atoms with E-state index < -0.39 is 0 Å². The average molecular weight is 961 g/mol. The van der Waals surface area contributed by atoms with Crippen molar-refractivity contribution in [2.24, 2.45) is 0 Å². The lowest BCUT2D eigenvalue weighted by atomic mass is 10.0. The first-order chi connectivity index (χ1) is 37.2. The van der Waals surface area contributed by atoms with E-state index in [0.717, 1.165) is 105 Å². The van der Waals surface area contributed by atoms with E-state index in [0.29, 0.717) is 40.5 Å². The lowest BCUT2D eigenvalue weighted by Gasteiger charge is -2.16. The van der Waals surface area contributed by atoms with Crippen LogP contribution in [0.25, 0.3) is 145 Å². The molecule has 0 spiro atoms. The van der Waals surface area contributed by atoms with E-state index in [4.69, 9.17) is 34.3 Å². The van der Waals surface area contributed by atoms with Gasteiger partial charge < -0.3 is 13.6 Å². The van der Waals surface area contributed by atoms with Crippen LogP contribution < -0.4 is 0 Å². The van der Waals surface area contributed by atoms with Crippen LogP contribution in [0.5, 0.6) is 0 Å². The molecule has 0 fully saturated rings. The Balaban J connectivity index is 1.09. The summed E-state index contributed by atoms with van der Waals surface area (Å²) >= 11 is 0. The second-order valence-electron chi connectivity index (χ2n) is 18.6. The van der Waals surface area contributed by atoms with Gasteiger partial charge in [0, 0.05) is 66.3 Å². The van der Waals surface area contributed by atoms with E-state index in [-0.39, 0.29) is 0 Å². The summed E-state index contributed by atoms with van der Waals surface area (Å²) in [5, 5.41) is 6.46. The van der Waals surface area contributed by atoms with Crippen LogP contribution in [0.4, 0.5) is 0 Å². The molecular weight excluding hydrogens is 921 g/mol. The summed E-state index contributed by atoms with van der Waals surface area (Å²) in [5.41, 5.74) is 12.7. The molecule has 0 saturated carbocycles. The Morgan fingerprint density at radius 2 is 0.653 bits per heavy atom. The van der Waals surface area contributed by atoms with Gasteiger partial charge in [-0.2, -0.15) is 0 Å². The molecule has 10 aromatic carbocycles. The highest BCUT2D eigenvalue weighted by molar-refractivity contribution is 6.39. The third kappa shape index (κ3) is 6.86. The minimum Gasteiger partial charge on any atom is -0.455 e. The van der Waals surface area contributed by atoms with Crippen LogP contribution in [0, 0.1) is 0 Å². The van der Waals surface area contributed by atoms with Gasteiger partial charge in [-0.3, -0.25) is 0 Å². The number of fused-ring (bicyclic) bond motifs is 12. The molecule has 0 radical (unpaired) electrons. The number of benzene rings is 10. The van der Waals surface area contributed by atoms with Crippen LogP contribution in [-0.2, 0) is 0 Å². The van der Waals surface area contributed by atoms with Gasteiger partial charge in [-0.1, -0.05) is 194 Å². The first-order valence-electron chi connectivity index (χ1n) is 25.0. The van der Waals surface area contributed by atoms with Gasteiger partial charge in [-0.25, -0.2) is 29.9 Å². The topological polar surface area (TPSA) is 100 Å². The molecule has 0 amide bonds. The van der Waals surface area contributed by atoms with Crippen molar-refractivity contribution in [3.8, 4) is 79.7 Å². The maximum atomic E-state index is 7.12. The second-order valence-corrected chi connectivity index (χ2v) is 18.6. The highest BCUT2D eigenvalue weighted by Crippen LogP contribution is 2.50. The highest BCUT2D eigenvalue weighted by Gasteiger charge is 2.29. The molecule has 75 heavy (non-hydrogen) atoms. The van der Waals surface area contributed by atoms with Gasteiger partial charge in [-0.15, -0.1) is 0 Å². The van der Waals surface area contributed by atoms with Crippen LogP contribution in [0.2, 0.25) is 0 Å². The average Bonchev–Trinajstić information content (AvgIpc) is 4.25.